The maximum absolute atomic E-state index is 10.1. The van der Waals surface area contributed by atoms with Crippen LogP contribution in [-0.4, -0.2) is 35.9 Å². The molecule has 13 heavy (non-hydrogen) atoms. The maximum Gasteiger partial charge on any atom is 0.303 e. The number of carboxylic acids is 1. The molecule has 0 aliphatic heterocycles. The molecule has 0 saturated carbocycles. The summed E-state index contributed by atoms with van der Waals surface area (Å²) in [5, 5.41) is 11.3. The van der Waals surface area contributed by atoms with E-state index in [0.717, 1.165) is 12.3 Å². The molecule has 0 aliphatic carbocycles. The predicted molar refractivity (Wildman–Crippen MR) is 55.2 cm³/mol. The van der Waals surface area contributed by atoms with E-state index in [1.165, 1.54) is 0 Å². The Labute approximate surface area is 82.8 Å². The number of amidine groups is 1. The minimum atomic E-state index is -0.860. The number of nitrogens with one attached hydrogen (secondary N) is 1. The van der Waals surface area contributed by atoms with Crippen LogP contribution in [-0.2, 0) is 4.79 Å². The van der Waals surface area contributed by atoms with Gasteiger partial charge in [0.25, 0.3) is 0 Å². The van der Waals surface area contributed by atoms with Crippen molar-refractivity contribution in [1.82, 2.24) is 5.32 Å². The number of aliphatic imine (C=N–C) groups is 1. The first-order valence-corrected chi connectivity index (χ1v) is 4.62. The van der Waals surface area contributed by atoms with Crippen molar-refractivity contribution >= 4 is 24.4 Å². The number of hydrogen-bond acceptors (Lipinski definition) is 4. The fraction of sp³-hybridized carbons (Fsp3) is 0.714. The average Bonchev–Trinajstić information content (AvgIpc) is 2.09. The van der Waals surface area contributed by atoms with Gasteiger partial charge in [-0.2, -0.15) is 12.6 Å². The molecule has 0 radical (unpaired) electrons. The molecule has 0 bridgehead atoms. The molecule has 0 rings (SSSR count). The quantitative estimate of drug-likeness (QED) is 0.199. The molecule has 0 saturated heterocycles. The van der Waals surface area contributed by atoms with Gasteiger partial charge in [0.2, 0.25) is 0 Å². The number of nitrogens with two attached hydrogens (primary N) is 1. The highest BCUT2D eigenvalue weighted by molar-refractivity contribution is 7.80. The molecule has 0 aromatic heterocycles. The van der Waals surface area contributed by atoms with Gasteiger partial charge in [0, 0.05) is 18.7 Å². The van der Waals surface area contributed by atoms with Crippen molar-refractivity contribution in [3.05, 3.63) is 0 Å². The Morgan fingerprint density at radius 3 is 2.77 bits per heavy atom. The van der Waals surface area contributed by atoms with Gasteiger partial charge in [-0.1, -0.05) is 0 Å². The van der Waals surface area contributed by atoms with E-state index in [2.05, 4.69) is 22.9 Å². The second-order valence-corrected chi connectivity index (χ2v) is 2.87. The second kappa shape index (κ2) is 7.88. The fourth-order valence-corrected chi connectivity index (χ4v) is 0.788. The zero-order valence-corrected chi connectivity index (χ0v) is 8.26. The van der Waals surface area contributed by atoms with Crippen LogP contribution in [0.25, 0.3) is 0 Å². The van der Waals surface area contributed by atoms with Crippen molar-refractivity contribution in [3.8, 4) is 0 Å². The summed E-state index contributed by atoms with van der Waals surface area (Å²) in [4.78, 5) is 14.1. The molecular formula is C7H15N3O2S. The number of hydrogen-bond donors (Lipinski definition) is 4. The molecule has 76 valence electrons. The standard InChI is InChI=1S/C7H15N3O2S/c8-6(1-2-7(11)12)10-5-9-3-4-13/h9,13H,1-5H2,(H2,8,10)(H,11,12). The largest absolute Gasteiger partial charge is 0.481 e. The van der Waals surface area contributed by atoms with Crippen molar-refractivity contribution in [2.75, 3.05) is 19.0 Å². The van der Waals surface area contributed by atoms with Gasteiger partial charge in [0.1, 0.15) is 0 Å². The molecule has 0 spiro atoms. The third-order valence-corrected chi connectivity index (χ3v) is 1.50. The van der Waals surface area contributed by atoms with E-state index < -0.39 is 5.97 Å². The Balaban J connectivity index is 3.45. The van der Waals surface area contributed by atoms with E-state index >= 15 is 0 Å². The van der Waals surface area contributed by atoms with Gasteiger partial charge in [0.15, 0.2) is 0 Å². The van der Waals surface area contributed by atoms with Crippen LogP contribution in [0.15, 0.2) is 4.99 Å². The highest BCUT2D eigenvalue weighted by atomic mass is 32.1. The molecular weight excluding hydrogens is 190 g/mol. The lowest BCUT2D eigenvalue weighted by Crippen LogP contribution is -2.21. The van der Waals surface area contributed by atoms with Crippen LogP contribution in [0.1, 0.15) is 12.8 Å². The molecule has 0 aliphatic rings. The van der Waals surface area contributed by atoms with Gasteiger partial charge >= 0.3 is 5.97 Å². The van der Waals surface area contributed by atoms with Gasteiger partial charge in [-0.25, -0.2) is 0 Å². The SMILES string of the molecule is NC(CCC(=O)O)=NCNCCS. The monoisotopic (exact) mass is 205 g/mol. The summed E-state index contributed by atoms with van der Waals surface area (Å²) >= 11 is 3.99. The number of aliphatic carboxylic acids is 1. The summed E-state index contributed by atoms with van der Waals surface area (Å²) in [6.07, 6.45) is 0.333. The Morgan fingerprint density at radius 2 is 2.23 bits per heavy atom. The van der Waals surface area contributed by atoms with Crippen LogP contribution in [0.5, 0.6) is 0 Å². The van der Waals surface area contributed by atoms with Gasteiger partial charge in [-0.05, 0) is 0 Å². The van der Waals surface area contributed by atoms with Crippen LogP contribution < -0.4 is 11.1 Å². The van der Waals surface area contributed by atoms with Crippen LogP contribution in [0.3, 0.4) is 0 Å². The zero-order valence-electron chi connectivity index (χ0n) is 7.36. The van der Waals surface area contributed by atoms with Gasteiger partial charge in [0.05, 0.1) is 18.9 Å². The van der Waals surface area contributed by atoms with Crippen LogP contribution in [0.2, 0.25) is 0 Å². The molecule has 0 amide bonds. The number of carbonyl (C=O) groups is 1. The van der Waals surface area contributed by atoms with Crippen LogP contribution >= 0.6 is 12.6 Å². The summed E-state index contributed by atoms with van der Waals surface area (Å²) in [6, 6.07) is 0. The lowest BCUT2D eigenvalue weighted by molar-refractivity contribution is -0.136. The molecule has 5 nitrogen and oxygen atoms in total. The predicted octanol–water partition coefficient (Wildman–Crippen LogP) is -0.315. The molecule has 0 unspecified atom stereocenters. The summed E-state index contributed by atoms with van der Waals surface area (Å²) in [6.45, 7) is 1.19. The van der Waals surface area contributed by atoms with Crippen molar-refractivity contribution in [2.24, 2.45) is 10.7 Å². The summed E-state index contributed by atoms with van der Waals surface area (Å²) in [7, 11) is 0. The van der Waals surface area contributed by atoms with Gasteiger partial charge in [-0.15, -0.1) is 0 Å². The molecule has 0 fully saturated rings. The third-order valence-electron chi connectivity index (χ3n) is 1.28. The van der Waals surface area contributed by atoms with Gasteiger partial charge in [-0.3, -0.25) is 15.1 Å². The highest BCUT2D eigenvalue weighted by Gasteiger charge is 1.98. The molecule has 4 N–H and O–H groups in total. The number of nitrogens with zero attached hydrogens (tertiary/aromatic N) is 1. The number of rotatable bonds is 7. The first-order valence-electron chi connectivity index (χ1n) is 3.99. The number of thiol groups is 1. The van der Waals surface area contributed by atoms with Crippen molar-refractivity contribution < 1.29 is 9.90 Å². The average molecular weight is 205 g/mol. The van der Waals surface area contributed by atoms with Crippen molar-refractivity contribution in [3.63, 3.8) is 0 Å². The minimum Gasteiger partial charge on any atom is -0.481 e. The fourth-order valence-electron chi connectivity index (χ4n) is 0.630. The molecule has 0 atom stereocenters. The smallest absolute Gasteiger partial charge is 0.303 e. The van der Waals surface area contributed by atoms with E-state index in [1.54, 1.807) is 0 Å². The Kier molecular flexibility index (Phi) is 7.42. The van der Waals surface area contributed by atoms with E-state index in [9.17, 15) is 4.79 Å². The van der Waals surface area contributed by atoms with Crippen LogP contribution in [0.4, 0.5) is 0 Å². The Morgan fingerprint density at radius 1 is 1.54 bits per heavy atom. The number of carboxylic acid groups (broad SMARTS) is 1. The first kappa shape index (κ1) is 12.2. The Hall–Kier alpha value is -0.750. The first-order chi connectivity index (χ1) is 6.16. The summed E-state index contributed by atoms with van der Waals surface area (Å²) < 4.78 is 0. The van der Waals surface area contributed by atoms with Crippen molar-refractivity contribution in [2.45, 2.75) is 12.8 Å². The molecule has 0 heterocycles. The third kappa shape index (κ3) is 9.16. The van der Waals surface area contributed by atoms with E-state index in [1.807, 2.05) is 0 Å². The van der Waals surface area contributed by atoms with E-state index in [4.69, 9.17) is 10.8 Å². The summed E-state index contributed by atoms with van der Waals surface area (Å²) in [5.41, 5.74) is 5.43. The molecule has 0 aromatic carbocycles. The topological polar surface area (TPSA) is 87.7 Å². The lowest BCUT2D eigenvalue weighted by Gasteiger charge is -1.99. The summed E-state index contributed by atoms with van der Waals surface area (Å²) in [5.74, 6) is 0.250. The molecule has 0 aromatic rings. The Bertz CT molecular complexity index is 185. The van der Waals surface area contributed by atoms with Gasteiger partial charge < -0.3 is 10.8 Å². The zero-order chi connectivity index (χ0) is 10.1. The maximum atomic E-state index is 10.1. The van der Waals surface area contributed by atoms with E-state index in [0.29, 0.717) is 18.9 Å². The minimum absolute atomic E-state index is 0.0297. The normalized spacial score (nSPS) is 11.6. The lowest BCUT2D eigenvalue weighted by atomic mass is 10.3. The van der Waals surface area contributed by atoms with E-state index in [-0.39, 0.29) is 6.42 Å². The van der Waals surface area contributed by atoms with Crippen LogP contribution in [0, 0.1) is 0 Å². The van der Waals surface area contributed by atoms with Crippen molar-refractivity contribution in [1.29, 1.82) is 0 Å². The second-order valence-electron chi connectivity index (χ2n) is 2.42. The highest BCUT2D eigenvalue weighted by Crippen LogP contribution is 1.88. The molecule has 6 heteroatoms.